The lowest BCUT2D eigenvalue weighted by Crippen LogP contribution is -2.50. The highest BCUT2D eigenvalue weighted by Crippen LogP contribution is 2.26. The summed E-state index contributed by atoms with van der Waals surface area (Å²) in [5.74, 6) is -1.36. The Bertz CT molecular complexity index is 1180. The van der Waals surface area contributed by atoms with Crippen LogP contribution in [0, 0.1) is 11.7 Å². The highest BCUT2D eigenvalue weighted by Gasteiger charge is 2.43. The van der Waals surface area contributed by atoms with Gasteiger partial charge >= 0.3 is 0 Å². The molecule has 2 heterocycles. The number of hydrogen-bond acceptors (Lipinski definition) is 6. The lowest BCUT2D eigenvalue weighted by molar-refractivity contribution is -0.137. The van der Waals surface area contributed by atoms with Crippen molar-refractivity contribution in [1.82, 2.24) is 20.0 Å². The van der Waals surface area contributed by atoms with Crippen LogP contribution in [0.2, 0.25) is 0 Å². The fourth-order valence-electron chi connectivity index (χ4n) is 5.76. The van der Waals surface area contributed by atoms with E-state index in [0.717, 1.165) is 68.4 Å². The molecule has 2 aliphatic heterocycles. The maximum atomic E-state index is 14.0. The van der Waals surface area contributed by atoms with Crippen molar-refractivity contribution >= 4 is 33.4 Å². The maximum Gasteiger partial charge on any atom is 0.244 e. The molecule has 0 radical (unpaired) electrons. The Morgan fingerprint density at radius 3 is 2.50 bits per heavy atom. The van der Waals surface area contributed by atoms with Crippen LogP contribution in [-0.2, 0) is 24.4 Å². The summed E-state index contributed by atoms with van der Waals surface area (Å²) >= 11 is 0. The first-order chi connectivity index (χ1) is 19.9. The average molecular weight is 610 g/mol. The molecule has 0 aromatic heterocycles. The van der Waals surface area contributed by atoms with Crippen molar-refractivity contribution in [1.29, 1.82) is 0 Å². The molecule has 3 rings (SSSR count). The molecule has 2 bridgehead atoms. The molecule has 2 aliphatic rings. The lowest BCUT2D eigenvalue weighted by Gasteiger charge is -2.31. The van der Waals surface area contributed by atoms with E-state index in [9.17, 15) is 27.2 Å². The standard InChI is InChI=1S/C30H48FN5O5S/c1-5-6-14-33-15-8-7-13-32-30(39)27-20-26(34(17-10-16-33)28(37)18-23(2)3)21-35(27)29(38)22-36(42(4,40)41)25-12-9-11-24(31)19-25/h9,11-12,19,23,26-27H,5-8,10,13-18,20-22H2,1-4H3,(H,32,39)/t26-,27-/m0/s1. The molecule has 12 heteroatoms. The van der Waals surface area contributed by atoms with Crippen molar-refractivity contribution in [3.05, 3.63) is 30.1 Å². The van der Waals surface area contributed by atoms with E-state index in [1.165, 1.54) is 23.1 Å². The zero-order valence-electron chi connectivity index (χ0n) is 25.6. The van der Waals surface area contributed by atoms with Crippen LogP contribution in [0.25, 0.3) is 0 Å². The van der Waals surface area contributed by atoms with Crippen LogP contribution in [0.15, 0.2) is 24.3 Å². The number of benzene rings is 1. The minimum Gasteiger partial charge on any atom is -0.354 e. The molecule has 236 valence electrons. The third-order valence-electron chi connectivity index (χ3n) is 7.92. The van der Waals surface area contributed by atoms with Gasteiger partial charge in [-0.15, -0.1) is 0 Å². The number of halogens is 1. The van der Waals surface area contributed by atoms with Crippen molar-refractivity contribution in [2.45, 2.75) is 77.8 Å². The van der Waals surface area contributed by atoms with Crippen molar-refractivity contribution in [2.75, 3.05) is 56.4 Å². The number of nitrogens with one attached hydrogen (secondary N) is 1. The highest BCUT2D eigenvalue weighted by atomic mass is 32.2. The number of carbonyl (C=O) groups excluding carboxylic acids is 3. The Morgan fingerprint density at radius 1 is 1.10 bits per heavy atom. The molecule has 1 aromatic rings. The average Bonchev–Trinajstić information content (AvgIpc) is 3.35. The molecule has 0 spiro atoms. The molecule has 3 amide bonds. The zero-order chi connectivity index (χ0) is 30.9. The van der Waals surface area contributed by atoms with E-state index in [2.05, 4.69) is 17.1 Å². The Hall–Kier alpha value is -2.73. The fourth-order valence-corrected chi connectivity index (χ4v) is 6.60. The summed E-state index contributed by atoms with van der Waals surface area (Å²) in [4.78, 5) is 46.3. The van der Waals surface area contributed by atoms with Gasteiger partial charge in [0.2, 0.25) is 27.7 Å². The minimum absolute atomic E-state index is 0.00631. The summed E-state index contributed by atoms with van der Waals surface area (Å²) < 4.78 is 40.1. The molecule has 0 aliphatic carbocycles. The van der Waals surface area contributed by atoms with Gasteiger partial charge in [-0.2, -0.15) is 0 Å². The van der Waals surface area contributed by atoms with Crippen LogP contribution in [0.3, 0.4) is 0 Å². The van der Waals surface area contributed by atoms with Gasteiger partial charge in [0, 0.05) is 26.1 Å². The third-order valence-corrected chi connectivity index (χ3v) is 9.06. The number of rotatable bonds is 9. The number of nitrogens with zero attached hydrogens (tertiary/aromatic N) is 4. The largest absolute Gasteiger partial charge is 0.354 e. The van der Waals surface area contributed by atoms with Gasteiger partial charge in [0.25, 0.3) is 0 Å². The number of unbranched alkanes of at least 4 members (excludes halogenated alkanes) is 1. The SMILES string of the molecule is CCCCN1CCCCNC(=O)[C@@H]2C[C@@H](CN2C(=O)CN(c2cccc(F)c2)S(C)(=O)=O)N(C(=O)CC(C)C)CCC1. The van der Waals surface area contributed by atoms with E-state index in [1.807, 2.05) is 18.7 Å². The molecular weight excluding hydrogens is 561 g/mol. The van der Waals surface area contributed by atoms with Gasteiger partial charge in [-0.1, -0.05) is 33.3 Å². The van der Waals surface area contributed by atoms with Crippen LogP contribution in [0.4, 0.5) is 10.1 Å². The number of anilines is 1. The number of hydrogen-bond donors (Lipinski definition) is 1. The van der Waals surface area contributed by atoms with E-state index in [4.69, 9.17) is 0 Å². The number of fused-ring (bicyclic) bond motifs is 2. The predicted molar refractivity (Wildman–Crippen MR) is 162 cm³/mol. The van der Waals surface area contributed by atoms with Crippen LogP contribution >= 0.6 is 0 Å². The molecule has 10 nitrogen and oxygen atoms in total. The highest BCUT2D eigenvalue weighted by molar-refractivity contribution is 7.92. The number of amides is 3. The first-order valence-electron chi connectivity index (χ1n) is 15.2. The quantitative estimate of drug-likeness (QED) is 0.461. The van der Waals surface area contributed by atoms with E-state index < -0.39 is 34.3 Å². The van der Waals surface area contributed by atoms with Crippen LogP contribution in [0.1, 0.15) is 65.7 Å². The molecule has 42 heavy (non-hydrogen) atoms. The van der Waals surface area contributed by atoms with E-state index in [1.54, 1.807) is 0 Å². The number of sulfonamides is 1. The summed E-state index contributed by atoms with van der Waals surface area (Å²) in [5.41, 5.74) is 0.0300. The smallest absolute Gasteiger partial charge is 0.244 e. The monoisotopic (exact) mass is 609 g/mol. The Morgan fingerprint density at radius 2 is 1.83 bits per heavy atom. The Balaban J connectivity index is 1.88. The second-order valence-electron chi connectivity index (χ2n) is 11.9. The summed E-state index contributed by atoms with van der Waals surface area (Å²) in [6.45, 7) is 9.48. The summed E-state index contributed by atoms with van der Waals surface area (Å²) in [5, 5.41) is 2.97. The molecule has 1 N–H and O–H groups in total. The van der Waals surface area contributed by atoms with E-state index >= 15 is 0 Å². The van der Waals surface area contributed by atoms with Gasteiger partial charge in [0.15, 0.2) is 0 Å². The first-order valence-corrected chi connectivity index (χ1v) is 17.1. The molecule has 2 fully saturated rings. The van der Waals surface area contributed by atoms with Gasteiger partial charge in [0.05, 0.1) is 18.0 Å². The molecule has 0 unspecified atom stereocenters. The van der Waals surface area contributed by atoms with E-state index in [-0.39, 0.29) is 42.4 Å². The normalized spacial score (nSPS) is 21.2. The van der Waals surface area contributed by atoms with Crippen LogP contribution < -0.4 is 9.62 Å². The zero-order valence-corrected chi connectivity index (χ0v) is 26.4. The van der Waals surface area contributed by atoms with Crippen molar-refractivity contribution in [3.8, 4) is 0 Å². The Kier molecular flexibility index (Phi) is 12.6. The van der Waals surface area contributed by atoms with Gasteiger partial charge < -0.3 is 20.0 Å². The van der Waals surface area contributed by atoms with Gasteiger partial charge in [-0.3, -0.25) is 18.7 Å². The van der Waals surface area contributed by atoms with E-state index in [0.29, 0.717) is 19.5 Å². The maximum absolute atomic E-state index is 14.0. The van der Waals surface area contributed by atoms with Crippen molar-refractivity contribution in [2.24, 2.45) is 5.92 Å². The third kappa shape index (κ3) is 9.65. The number of likely N-dealkylation sites (tertiary alicyclic amines) is 1. The van der Waals surface area contributed by atoms with Crippen molar-refractivity contribution in [3.63, 3.8) is 0 Å². The van der Waals surface area contributed by atoms with Gasteiger partial charge in [-0.25, -0.2) is 12.8 Å². The topological polar surface area (TPSA) is 110 Å². The second kappa shape index (κ2) is 15.7. The molecule has 2 atom stereocenters. The first kappa shape index (κ1) is 33.8. The van der Waals surface area contributed by atoms with Crippen molar-refractivity contribution < 1.29 is 27.2 Å². The summed E-state index contributed by atoms with van der Waals surface area (Å²) in [6, 6.07) is 3.84. The molecule has 2 saturated heterocycles. The summed E-state index contributed by atoms with van der Waals surface area (Å²) in [6.07, 6.45) is 6.33. The molecule has 1 aromatic carbocycles. The van der Waals surface area contributed by atoms with Gasteiger partial charge in [-0.05, 0) is 75.9 Å². The fraction of sp³-hybridized carbons (Fsp3) is 0.700. The Labute approximate surface area is 250 Å². The summed E-state index contributed by atoms with van der Waals surface area (Å²) in [7, 11) is -3.94. The van der Waals surface area contributed by atoms with Crippen LogP contribution in [0.5, 0.6) is 0 Å². The number of carbonyl (C=O) groups is 3. The minimum atomic E-state index is -3.94. The lowest BCUT2D eigenvalue weighted by atomic mass is 10.1. The van der Waals surface area contributed by atoms with Crippen LogP contribution in [-0.4, -0.2) is 105 Å². The molecule has 0 saturated carbocycles. The molecular formula is C30H48FN5O5S. The second-order valence-corrected chi connectivity index (χ2v) is 13.8. The predicted octanol–water partition coefficient (Wildman–Crippen LogP) is 2.84. The van der Waals surface area contributed by atoms with Gasteiger partial charge in [0.1, 0.15) is 18.4 Å².